The average Bonchev–Trinajstić information content (AvgIpc) is 3.76. The van der Waals surface area contributed by atoms with Gasteiger partial charge in [0.05, 0.1) is 19.3 Å². The Labute approximate surface area is 343 Å². The average molecular weight is 813 g/mol. The van der Waals surface area contributed by atoms with Crippen molar-refractivity contribution in [3.05, 3.63) is 82.9 Å². The third-order valence-electron chi connectivity index (χ3n) is 10.5. The highest BCUT2D eigenvalue weighted by molar-refractivity contribution is 5.99. The van der Waals surface area contributed by atoms with Gasteiger partial charge in [-0.05, 0) is 68.4 Å². The number of fused-ring (bicyclic) bond motifs is 1. The normalized spacial score (nSPS) is 21.6. The number of rotatable bonds is 9. The van der Waals surface area contributed by atoms with E-state index in [9.17, 15) is 28.8 Å². The second kappa shape index (κ2) is 19.5. The zero-order valence-electron chi connectivity index (χ0n) is 34.9. The number of benzene rings is 2. The van der Waals surface area contributed by atoms with Crippen LogP contribution in [0, 0.1) is 25.7 Å². The summed E-state index contributed by atoms with van der Waals surface area (Å²) in [5, 5.41) is 19.0. The molecule has 1 saturated heterocycles. The molecule has 6 N–H and O–H groups in total. The number of methoxy groups -OCH3 is 1. The number of hydrogen-bond donors (Lipinski definition) is 6. The fourth-order valence-corrected chi connectivity index (χ4v) is 7.11. The predicted molar refractivity (Wildman–Crippen MR) is 220 cm³/mol. The first-order valence-electron chi connectivity index (χ1n) is 19.9. The maximum absolute atomic E-state index is 14.4. The van der Waals surface area contributed by atoms with E-state index in [1.807, 2.05) is 52.0 Å². The highest BCUT2D eigenvalue weighted by atomic mass is 16.5. The van der Waals surface area contributed by atoms with E-state index < -0.39 is 72.2 Å². The number of aryl methyl sites for hydroxylation is 2. The number of hydrogen-bond acceptors (Lipinski definition) is 9. The van der Waals surface area contributed by atoms with Gasteiger partial charge in [-0.1, -0.05) is 63.2 Å². The summed E-state index contributed by atoms with van der Waals surface area (Å²) in [5.41, 5.74) is 2.78. The SMILES string of the molecule is COc1ccc(C[C@@H]2NC(=O)[C@H](CC(C)C)NC(=O)[C@@H](Cc3c[nH]c4ccccc34)NC(=O)CN(C(=O)c3c(C)noc3C)C[C@H](C(C)C)NC(=O)[C@@H](C)NC2=O)cc1. The van der Waals surface area contributed by atoms with E-state index >= 15 is 0 Å². The van der Waals surface area contributed by atoms with Gasteiger partial charge in [0.25, 0.3) is 5.91 Å². The van der Waals surface area contributed by atoms with Gasteiger partial charge in [0, 0.05) is 42.5 Å². The molecule has 6 amide bonds. The first-order chi connectivity index (χ1) is 28.0. The smallest absolute Gasteiger partial charge is 0.259 e. The van der Waals surface area contributed by atoms with E-state index in [1.54, 1.807) is 51.4 Å². The first-order valence-corrected chi connectivity index (χ1v) is 19.9. The second-order valence-corrected chi connectivity index (χ2v) is 16.0. The van der Waals surface area contributed by atoms with Gasteiger partial charge in [0.15, 0.2) is 0 Å². The van der Waals surface area contributed by atoms with Crippen molar-refractivity contribution in [1.82, 2.24) is 41.6 Å². The van der Waals surface area contributed by atoms with Gasteiger partial charge in [0.1, 0.15) is 41.2 Å². The van der Waals surface area contributed by atoms with Gasteiger partial charge >= 0.3 is 0 Å². The van der Waals surface area contributed by atoms with Crippen LogP contribution in [0.5, 0.6) is 5.75 Å². The molecule has 0 saturated carbocycles. The second-order valence-electron chi connectivity index (χ2n) is 16.0. The van der Waals surface area contributed by atoms with Crippen LogP contribution >= 0.6 is 0 Å². The molecule has 4 aromatic rings. The number of aromatic nitrogens is 2. The summed E-state index contributed by atoms with van der Waals surface area (Å²) in [5.74, 6) is -3.05. The maximum Gasteiger partial charge on any atom is 0.259 e. The van der Waals surface area contributed by atoms with E-state index in [1.165, 1.54) is 11.8 Å². The number of amides is 6. The molecule has 3 heterocycles. The van der Waals surface area contributed by atoms with Crippen molar-refractivity contribution in [3.8, 4) is 5.75 Å². The van der Waals surface area contributed by atoms with E-state index in [-0.39, 0.29) is 49.0 Å². The van der Waals surface area contributed by atoms with Crippen molar-refractivity contribution < 1.29 is 38.0 Å². The Bertz CT molecular complexity index is 2120. The fraction of sp³-hybridized carbons (Fsp3) is 0.465. The number of H-pyrrole nitrogens is 1. The lowest BCUT2D eigenvalue weighted by Gasteiger charge is -2.32. The third-order valence-corrected chi connectivity index (χ3v) is 10.5. The topological polar surface area (TPSA) is 217 Å². The van der Waals surface area contributed by atoms with Crippen LogP contribution < -0.4 is 31.3 Å². The quantitative estimate of drug-likeness (QED) is 0.146. The highest BCUT2D eigenvalue weighted by Gasteiger charge is 2.35. The van der Waals surface area contributed by atoms with Crippen molar-refractivity contribution >= 4 is 46.3 Å². The van der Waals surface area contributed by atoms with E-state index in [0.717, 1.165) is 16.5 Å². The minimum absolute atomic E-state index is 0.0421. The van der Waals surface area contributed by atoms with Gasteiger partial charge in [-0.2, -0.15) is 0 Å². The summed E-state index contributed by atoms with van der Waals surface area (Å²) in [7, 11) is 1.54. The molecule has 2 aromatic carbocycles. The molecule has 0 radical (unpaired) electrons. The molecule has 2 aromatic heterocycles. The summed E-state index contributed by atoms with van der Waals surface area (Å²) in [6.07, 6.45) is 2.07. The van der Waals surface area contributed by atoms with Gasteiger partial charge in [-0.15, -0.1) is 0 Å². The molecule has 0 unspecified atom stereocenters. The molecule has 0 bridgehead atoms. The molecule has 0 aliphatic carbocycles. The lowest BCUT2D eigenvalue weighted by molar-refractivity contribution is -0.135. The van der Waals surface area contributed by atoms with Crippen molar-refractivity contribution in [1.29, 1.82) is 0 Å². The molecule has 16 nitrogen and oxygen atoms in total. The van der Waals surface area contributed by atoms with Gasteiger partial charge in [0.2, 0.25) is 29.5 Å². The predicted octanol–water partition coefficient (Wildman–Crippen LogP) is 2.87. The Morgan fingerprint density at radius 1 is 0.831 bits per heavy atom. The zero-order chi connectivity index (χ0) is 43.0. The Hall–Kier alpha value is -6.19. The number of para-hydroxylation sites is 1. The summed E-state index contributed by atoms with van der Waals surface area (Å²) in [6.45, 7) is 11.6. The van der Waals surface area contributed by atoms with Gasteiger partial charge < -0.3 is 45.7 Å². The van der Waals surface area contributed by atoms with Crippen LogP contribution in [0.1, 0.15) is 74.0 Å². The summed E-state index contributed by atoms with van der Waals surface area (Å²) in [6, 6.07) is 9.35. The van der Waals surface area contributed by atoms with Crippen molar-refractivity contribution in [2.24, 2.45) is 11.8 Å². The van der Waals surface area contributed by atoms with Crippen LogP contribution in [-0.2, 0) is 36.8 Å². The largest absolute Gasteiger partial charge is 0.497 e. The number of ether oxygens (including phenoxy) is 1. The molecule has 5 atom stereocenters. The van der Waals surface area contributed by atoms with Gasteiger partial charge in [-0.3, -0.25) is 28.8 Å². The maximum atomic E-state index is 14.4. The molecule has 1 aliphatic heterocycles. The number of aromatic amines is 1. The molecule has 1 fully saturated rings. The minimum atomic E-state index is -1.20. The lowest BCUT2D eigenvalue weighted by atomic mass is 9.99. The Morgan fingerprint density at radius 2 is 1.47 bits per heavy atom. The van der Waals surface area contributed by atoms with Crippen molar-refractivity contribution in [2.75, 3.05) is 20.2 Å². The fourth-order valence-electron chi connectivity index (χ4n) is 7.11. The summed E-state index contributed by atoms with van der Waals surface area (Å²) < 4.78 is 10.6. The Balaban J connectivity index is 1.56. The number of nitrogens with one attached hydrogen (secondary N) is 6. The van der Waals surface area contributed by atoms with Crippen LogP contribution in [0.2, 0.25) is 0 Å². The zero-order valence-corrected chi connectivity index (χ0v) is 34.9. The summed E-state index contributed by atoms with van der Waals surface area (Å²) in [4.78, 5) is 89.2. The van der Waals surface area contributed by atoms with Crippen LogP contribution in [0.3, 0.4) is 0 Å². The number of carbonyl (C=O) groups excluding carboxylic acids is 6. The molecule has 1 aliphatic rings. The number of nitrogens with zero attached hydrogens (tertiary/aromatic N) is 2. The standard InChI is InChI=1S/C43H56N8O8/c1-23(2)17-33-41(55)48-34(18-28-13-15-30(58-8)16-14-28)40(54)45-26(6)39(53)49-36(24(3)4)21-51(43(57)38-25(5)50-59-27(38)7)22-37(52)46-35(42(56)47-33)19-29-20-44-32-12-10-9-11-31(29)32/h9-16,20,23-24,26,33-36,44H,17-19,21-22H2,1-8H3,(H,45,54)(H,46,52)(H,47,56)(H,48,55)(H,49,53)/t26-,33+,34+,35-,36-/m1/s1. The number of carbonyl (C=O) groups is 6. The third kappa shape index (κ3) is 11.3. The molecule has 59 heavy (non-hydrogen) atoms. The molecule has 16 heteroatoms. The molecule has 316 valence electrons. The van der Waals surface area contributed by atoms with Crippen molar-refractivity contribution in [3.63, 3.8) is 0 Å². The first kappa shape index (κ1) is 43.9. The van der Waals surface area contributed by atoms with Crippen LogP contribution in [-0.4, -0.2) is 101 Å². The highest BCUT2D eigenvalue weighted by Crippen LogP contribution is 2.21. The van der Waals surface area contributed by atoms with Crippen LogP contribution in [0.15, 0.2) is 59.3 Å². The molecular weight excluding hydrogens is 757 g/mol. The monoisotopic (exact) mass is 812 g/mol. The Morgan fingerprint density at radius 3 is 2.12 bits per heavy atom. The van der Waals surface area contributed by atoms with Gasteiger partial charge in [-0.25, -0.2) is 0 Å². The van der Waals surface area contributed by atoms with Crippen LogP contribution in [0.4, 0.5) is 0 Å². The molecule has 5 rings (SSSR count). The minimum Gasteiger partial charge on any atom is -0.497 e. The van der Waals surface area contributed by atoms with E-state index in [2.05, 4.69) is 36.7 Å². The lowest BCUT2D eigenvalue weighted by Crippen LogP contribution is -2.60. The Kier molecular flexibility index (Phi) is 14.5. The van der Waals surface area contributed by atoms with E-state index in [4.69, 9.17) is 9.26 Å². The molecule has 0 spiro atoms. The molecular formula is C43H56N8O8. The van der Waals surface area contributed by atoms with Crippen molar-refractivity contribution in [2.45, 2.75) is 97.9 Å². The van der Waals surface area contributed by atoms with E-state index in [0.29, 0.717) is 17.0 Å². The summed E-state index contributed by atoms with van der Waals surface area (Å²) >= 11 is 0. The van der Waals surface area contributed by atoms with Crippen LogP contribution in [0.25, 0.3) is 10.9 Å².